The number of rotatable bonds is 9. The van der Waals surface area contributed by atoms with Gasteiger partial charge in [-0.3, -0.25) is 4.79 Å². The molecule has 2 N–H and O–H groups in total. The van der Waals surface area contributed by atoms with E-state index in [9.17, 15) is 4.79 Å². The predicted octanol–water partition coefficient (Wildman–Crippen LogP) is 4.15. The number of thiophene rings is 1. The van der Waals surface area contributed by atoms with E-state index in [1.165, 1.54) is 4.88 Å². The summed E-state index contributed by atoms with van der Waals surface area (Å²) in [6.45, 7) is 9.76. The van der Waals surface area contributed by atoms with Crippen molar-refractivity contribution in [3.05, 3.63) is 57.8 Å². The zero-order valence-electron chi connectivity index (χ0n) is 16.9. The van der Waals surface area contributed by atoms with Crippen molar-refractivity contribution in [2.45, 2.75) is 33.7 Å². The van der Waals surface area contributed by atoms with Gasteiger partial charge < -0.3 is 15.5 Å². The van der Waals surface area contributed by atoms with E-state index in [0.717, 1.165) is 49.7 Å². The first-order valence-corrected chi connectivity index (χ1v) is 10.5. The van der Waals surface area contributed by atoms with E-state index in [-0.39, 0.29) is 29.9 Å². The number of hydrogen-bond acceptors (Lipinski definition) is 3. The number of halogens is 1. The molecule has 1 heterocycles. The molecule has 0 saturated carbocycles. The van der Waals surface area contributed by atoms with Gasteiger partial charge in [0, 0.05) is 36.6 Å². The highest BCUT2D eigenvalue weighted by Crippen LogP contribution is 2.09. The molecular formula is C21H31IN4OS. The molecule has 0 aliphatic carbocycles. The fourth-order valence-electron chi connectivity index (χ4n) is 2.72. The van der Waals surface area contributed by atoms with Gasteiger partial charge in [0.25, 0.3) is 5.91 Å². The first kappa shape index (κ1) is 24.4. The average Bonchev–Trinajstić information content (AvgIpc) is 3.21. The topological polar surface area (TPSA) is 56.7 Å². The minimum Gasteiger partial charge on any atom is -0.357 e. The van der Waals surface area contributed by atoms with Crippen LogP contribution in [0.5, 0.6) is 0 Å². The number of benzene rings is 1. The molecule has 28 heavy (non-hydrogen) atoms. The lowest BCUT2D eigenvalue weighted by Crippen LogP contribution is -2.38. The highest BCUT2D eigenvalue weighted by molar-refractivity contribution is 14.0. The molecule has 1 aromatic heterocycles. The van der Waals surface area contributed by atoms with Crippen LogP contribution in [0.25, 0.3) is 0 Å². The summed E-state index contributed by atoms with van der Waals surface area (Å²) in [6.07, 6.45) is 0.990. The molecule has 0 unspecified atom stereocenters. The van der Waals surface area contributed by atoms with Gasteiger partial charge >= 0.3 is 0 Å². The lowest BCUT2D eigenvalue weighted by atomic mass is 10.1. The number of nitrogens with one attached hydrogen (secondary N) is 2. The molecule has 2 aromatic rings. The Morgan fingerprint density at radius 2 is 1.79 bits per heavy atom. The quantitative estimate of drug-likeness (QED) is 0.301. The highest BCUT2D eigenvalue weighted by atomic mass is 127. The molecule has 7 heteroatoms. The SMILES string of the molecule is CCNC(=NCc1ccc(C(=O)N(CC)CC)cc1)NCCc1cccs1.I. The third-order valence-electron chi connectivity index (χ3n) is 4.26. The van der Waals surface area contributed by atoms with Gasteiger partial charge in [-0.1, -0.05) is 18.2 Å². The van der Waals surface area contributed by atoms with E-state index in [1.807, 2.05) is 43.0 Å². The number of carbonyl (C=O) groups is 1. The second-order valence-corrected chi connectivity index (χ2v) is 7.16. The van der Waals surface area contributed by atoms with Gasteiger partial charge in [0.05, 0.1) is 6.54 Å². The third-order valence-corrected chi connectivity index (χ3v) is 5.20. The Balaban J connectivity index is 0.00000392. The molecule has 0 fully saturated rings. The van der Waals surface area contributed by atoms with Gasteiger partial charge in [-0.15, -0.1) is 35.3 Å². The molecule has 1 aromatic carbocycles. The van der Waals surface area contributed by atoms with Crippen LogP contribution < -0.4 is 10.6 Å². The Kier molecular flexibility index (Phi) is 11.8. The van der Waals surface area contributed by atoms with Gasteiger partial charge in [-0.2, -0.15) is 0 Å². The molecule has 5 nitrogen and oxygen atoms in total. The van der Waals surface area contributed by atoms with Crippen molar-refractivity contribution < 1.29 is 4.79 Å². The first-order valence-electron chi connectivity index (χ1n) is 9.60. The van der Waals surface area contributed by atoms with Crippen molar-refractivity contribution >= 4 is 47.2 Å². The van der Waals surface area contributed by atoms with Gasteiger partial charge in [-0.05, 0) is 56.3 Å². The number of carbonyl (C=O) groups excluding carboxylic acids is 1. The molecule has 0 saturated heterocycles. The summed E-state index contributed by atoms with van der Waals surface area (Å²) in [4.78, 5) is 20.2. The van der Waals surface area contributed by atoms with Crippen LogP contribution in [0.15, 0.2) is 46.8 Å². The monoisotopic (exact) mass is 514 g/mol. The van der Waals surface area contributed by atoms with Gasteiger partial charge in [0.2, 0.25) is 0 Å². The zero-order valence-corrected chi connectivity index (χ0v) is 20.1. The molecule has 0 spiro atoms. The second kappa shape index (κ2) is 13.5. The highest BCUT2D eigenvalue weighted by Gasteiger charge is 2.11. The van der Waals surface area contributed by atoms with Crippen LogP contribution in [0.1, 0.15) is 41.6 Å². The number of nitrogens with zero attached hydrogens (tertiary/aromatic N) is 2. The van der Waals surface area contributed by atoms with Crippen LogP contribution in [0.3, 0.4) is 0 Å². The summed E-state index contributed by atoms with van der Waals surface area (Å²) < 4.78 is 0. The molecule has 154 valence electrons. The van der Waals surface area contributed by atoms with Crippen molar-refractivity contribution in [2.75, 3.05) is 26.2 Å². The summed E-state index contributed by atoms with van der Waals surface area (Å²) in [5, 5.41) is 8.75. The summed E-state index contributed by atoms with van der Waals surface area (Å²) in [7, 11) is 0. The molecule has 1 amide bonds. The van der Waals surface area contributed by atoms with Crippen LogP contribution in [0.2, 0.25) is 0 Å². The molecule has 0 aliphatic rings. The molecule has 0 aliphatic heterocycles. The fraction of sp³-hybridized carbons (Fsp3) is 0.429. The standard InChI is InChI=1S/C21H30N4OS.HI/c1-4-22-21(23-14-13-19-8-7-15-27-19)24-16-17-9-11-18(12-10-17)20(26)25(5-2)6-3;/h7-12,15H,4-6,13-14,16H2,1-3H3,(H2,22,23,24);1H. The molecule has 0 bridgehead atoms. The Bertz CT molecular complexity index is 713. The predicted molar refractivity (Wildman–Crippen MR) is 130 cm³/mol. The van der Waals surface area contributed by atoms with Crippen molar-refractivity contribution in [2.24, 2.45) is 4.99 Å². The summed E-state index contributed by atoms with van der Waals surface area (Å²) in [5.74, 6) is 0.899. The van der Waals surface area contributed by atoms with Gasteiger partial charge in [0.1, 0.15) is 0 Å². The van der Waals surface area contributed by atoms with Crippen LogP contribution in [0.4, 0.5) is 0 Å². The fourth-order valence-corrected chi connectivity index (χ4v) is 3.43. The Labute approximate surface area is 189 Å². The van der Waals surface area contributed by atoms with Crippen LogP contribution >= 0.6 is 35.3 Å². The summed E-state index contributed by atoms with van der Waals surface area (Å²) >= 11 is 1.78. The number of guanidine groups is 1. The summed E-state index contributed by atoms with van der Waals surface area (Å²) in [6, 6.07) is 12.0. The number of hydrogen-bond donors (Lipinski definition) is 2. The second-order valence-electron chi connectivity index (χ2n) is 6.13. The normalized spacial score (nSPS) is 10.9. The van der Waals surface area contributed by atoms with Crippen LogP contribution in [-0.4, -0.2) is 42.9 Å². The van der Waals surface area contributed by atoms with E-state index in [2.05, 4.69) is 40.1 Å². The lowest BCUT2D eigenvalue weighted by molar-refractivity contribution is 0.0773. The maximum Gasteiger partial charge on any atom is 0.253 e. The molecule has 0 atom stereocenters. The number of amides is 1. The molecule has 0 radical (unpaired) electrons. The minimum atomic E-state index is 0. The van der Waals surface area contributed by atoms with Crippen molar-refractivity contribution in [1.29, 1.82) is 0 Å². The zero-order chi connectivity index (χ0) is 19.5. The average molecular weight is 514 g/mol. The van der Waals surface area contributed by atoms with E-state index in [1.54, 1.807) is 11.3 Å². The van der Waals surface area contributed by atoms with Crippen molar-refractivity contribution in [1.82, 2.24) is 15.5 Å². The van der Waals surface area contributed by atoms with Gasteiger partial charge in [-0.25, -0.2) is 4.99 Å². The molecular weight excluding hydrogens is 483 g/mol. The van der Waals surface area contributed by atoms with Crippen LogP contribution in [0, 0.1) is 0 Å². The van der Waals surface area contributed by atoms with Crippen molar-refractivity contribution in [3.63, 3.8) is 0 Å². The smallest absolute Gasteiger partial charge is 0.253 e. The maximum atomic E-state index is 12.4. The van der Waals surface area contributed by atoms with Crippen LogP contribution in [-0.2, 0) is 13.0 Å². The summed E-state index contributed by atoms with van der Waals surface area (Å²) in [5.41, 5.74) is 1.81. The van der Waals surface area contributed by atoms with Gasteiger partial charge in [0.15, 0.2) is 5.96 Å². The lowest BCUT2D eigenvalue weighted by Gasteiger charge is -2.18. The van der Waals surface area contributed by atoms with E-state index in [4.69, 9.17) is 0 Å². The molecule has 2 rings (SSSR count). The Morgan fingerprint density at radius 1 is 1.07 bits per heavy atom. The Morgan fingerprint density at radius 3 is 2.36 bits per heavy atom. The van der Waals surface area contributed by atoms with E-state index >= 15 is 0 Å². The third kappa shape index (κ3) is 7.79. The number of aliphatic imine (C=N–C) groups is 1. The minimum absolute atomic E-state index is 0. The van der Waals surface area contributed by atoms with E-state index < -0.39 is 0 Å². The Hall–Kier alpha value is -1.61. The first-order chi connectivity index (χ1) is 13.2. The van der Waals surface area contributed by atoms with Crippen molar-refractivity contribution in [3.8, 4) is 0 Å². The maximum absolute atomic E-state index is 12.4. The van der Waals surface area contributed by atoms with E-state index in [0.29, 0.717) is 6.54 Å². The largest absolute Gasteiger partial charge is 0.357 e.